The van der Waals surface area contributed by atoms with Crippen LogP contribution in [-0.2, 0) is 25.7 Å². The molecule has 31 heavy (non-hydrogen) atoms. The van der Waals surface area contributed by atoms with Crippen LogP contribution in [-0.4, -0.2) is 5.71 Å². The fraction of sp³-hybridized carbons (Fsp3) is 0.138. The molecule has 0 fully saturated rings. The largest absolute Gasteiger partial charge is 0.247 e. The molecule has 0 spiro atoms. The summed E-state index contributed by atoms with van der Waals surface area (Å²) in [4.78, 5) is 5.28. The molecule has 152 valence electrons. The van der Waals surface area contributed by atoms with Gasteiger partial charge in [-0.05, 0) is 60.1 Å². The normalized spacial score (nSPS) is 12.8. The third-order valence-electron chi connectivity index (χ3n) is 5.96. The number of hydrogen-bond acceptors (Lipinski definition) is 1. The van der Waals surface area contributed by atoms with Gasteiger partial charge >= 0.3 is 0 Å². The molecular formula is C29H24BrN. The maximum atomic E-state index is 5.28. The van der Waals surface area contributed by atoms with Crippen molar-refractivity contribution >= 4 is 27.3 Å². The Morgan fingerprint density at radius 2 is 1.13 bits per heavy atom. The van der Waals surface area contributed by atoms with Crippen LogP contribution in [0.15, 0.2) is 107 Å². The van der Waals surface area contributed by atoms with Crippen molar-refractivity contribution in [3.8, 4) is 0 Å². The topological polar surface area (TPSA) is 12.4 Å². The molecule has 0 N–H and O–H groups in total. The standard InChI is InChI=1S/C29H24BrN/c30-27-19-21-11-12-22-14-16-24(18-17-23(27)15-13-21)28(20-22)31-29(25-7-3-1-4-8-25)26-9-5-2-6-10-26/h1-10,13-16,19-20H,11-12,17-18H2. The summed E-state index contributed by atoms with van der Waals surface area (Å²) in [6, 6.07) is 34.7. The Kier molecular flexibility index (Phi) is 5.82. The predicted molar refractivity (Wildman–Crippen MR) is 134 cm³/mol. The van der Waals surface area contributed by atoms with E-state index in [0.29, 0.717) is 0 Å². The number of hydrogen-bond donors (Lipinski definition) is 0. The van der Waals surface area contributed by atoms with Crippen LogP contribution in [0.25, 0.3) is 0 Å². The van der Waals surface area contributed by atoms with Crippen molar-refractivity contribution < 1.29 is 0 Å². The van der Waals surface area contributed by atoms with E-state index >= 15 is 0 Å². The van der Waals surface area contributed by atoms with Crippen LogP contribution < -0.4 is 0 Å². The molecule has 4 aliphatic carbocycles. The Labute approximate surface area is 192 Å². The van der Waals surface area contributed by atoms with Crippen LogP contribution >= 0.6 is 15.9 Å². The summed E-state index contributed by atoms with van der Waals surface area (Å²) in [6.45, 7) is 0. The molecule has 0 atom stereocenters. The molecule has 0 aliphatic heterocycles. The number of nitrogens with zero attached hydrogens (tertiary/aromatic N) is 1. The van der Waals surface area contributed by atoms with E-state index in [9.17, 15) is 0 Å². The first-order chi connectivity index (χ1) is 15.3. The van der Waals surface area contributed by atoms with Gasteiger partial charge in [0.1, 0.15) is 0 Å². The summed E-state index contributed by atoms with van der Waals surface area (Å²) in [5, 5.41) is 0. The van der Waals surface area contributed by atoms with Crippen molar-refractivity contribution in [2.24, 2.45) is 4.99 Å². The summed E-state index contributed by atoms with van der Waals surface area (Å²) in [5.74, 6) is 0. The summed E-state index contributed by atoms with van der Waals surface area (Å²) in [6.07, 6.45) is 4.01. The zero-order valence-electron chi connectivity index (χ0n) is 17.4. The molecule has 0 unspecified atom stereocenters. The van der Waals surface area contributed by atoms with Crippen LogP contribution in [0.5, 0.6) is 0 Å². The van der Waals surface area contributed by atoms with Gasteiger partial charge in [-0.3, -0.25) is 0 Å². The minimum Gasteiger partial charge on any atom is -0.247 e. The molecule has 0 saturated heterocycles. The van der Waals surface area contributed by atoms with Crippen molar-refractivity contribution in [3.63, 3.8) is 0 Å². The number of aryl methyl sites for hydroxylation is 4. The van der Waals surface area contributed by atoms with E-state index in [-0.39, 0.29) is 0 Å². The third kappa shape index (κ3) is 4.55. The summed E-state index contributed by atoms with van der Waals surface area (Å²) >= 11 is 3.78. The fourth-order valence-electron chi connectivity index (χ4n) is 4.20. The van der Waals surface area contributed by atoms with Gasteiger partial charge in [0, 0.05) is 15.6 Å². The smallest absolute Gasteiger partial charge is 0.0781 e. The first-order valence-corrected chi connectivity index (χ1v) is 11.6. The molecule has 0 amide bonds. The van der Waals surface area contributed by atoms with Crippen LogP contribution in [0, 0.1) is 0 Å². The lowest BCUT2D eigenvalue weighted by molar-refractivity contribution is 0.916. The molecule has 8 rings (SSSR count). The number of rotatable bonds is 3. The van der Waals surface area contributed by atoms with Crippen molar-refractivity contribution in [1.82, 2.24) is 0 Å². The Hall–Kier alpha value is -2.97. The molecule has 0 heterocycles. The number of benzene rings is 4. The van der Waals surface area contributed by atoms with E-state index in [1.54, 1.807) is 0 Å². The summed E-state index contributed by atoms with van der Waals surface area (Å²) in [7, 11) is 0. The molecule has 2 heteroatoms. The second-order valence-electron chi connectivity index (χ2n) is 8.08. The van der Waals surface area contributed by atoms with Crippen molar-refractivity contribution in [2.75, 3.05) is 0 Å². The number of aliphatic imine (C=N–C) groups is 1. The third-order valence-corrected chi connectivity index (χ3v) is 6.70. The second kappa shape index (κ2) is 9.03. The van der Waals surface area contributed by atoms with Crippen molar-refractivity contribution in [1.29, 1.82) is 0 Å². The van der Waals surface area contributed by atoms with E-state index in [1.165, 1.54) is 26.7 Å². The first-order valence-electron chi connectivity index (χ1n) is 10.8. The average Bonchev–Trinajstić information content (AvgIpc) is 2.81. The van der Waals surface area contributed by atoms with E-state index in [2.05, 4.69) is 113 Å². The Bertz CT molecular complexity index is 1180. The molecule has 4 aliphatic rings. The van der Waals surface area contributed by atoms with Gasteiger partial charge in [0.05, 0.1) is 11.4 Å². The SMILES string of the molecule is Brc1cc2ccc1CCc1ccc(cc1N=C(c1ccccc1)c1ccccc1)CC2. The van der Waals surface area contributed by atoms with Gasteiger partial charge in [-0.1, -0.05) is 101 Å². The minimum absolute atomic E-state index is 0.966. The van der Waals surface area contributed by atoms with Crippen molar-refractivity contribution in [2.45, 2.75) is 25.7 Å². The molecule has 0 radical (unpaired) electrons. The van der Waals surface area contributed by atoms with E-state index < -0.39 is 0 Å². The Morgan fingerprint density at radius 1 is 0.581 bits per heavy atom. The molecule has 4 aromatic carbocycles. The minimum atomic E-state index is 0.966. The van der Waals surface area contributed by atoms with Crippen LogP contribution in [0.1, 0.15) is 33.4 Å². The first kappa shape index (κ1) is 20.0. The van der Waals surface area contributed by atoms with Gasteiger partial charge in [0.15, 0.2) is 0 Å². The Balaban J connectivity index is 1.62. The van der Waals surface area contributed by atoms with Gasteiger partial charge in [-0.25, -0.2) is 4.99 Å². The van der Waals surface area contributed by atoms with Crippen LogP contribution in [0.3, 0.4) is 0 Å². The highest BCUT2D eigenvalue weighted by Crippen LogP contribution is 2.29. The summed E-state index contributed by atoms with van der Waals surface area (Å²) < 4.78 is 1.22. The predicted octanol–water partition coefficient (Wildman–Crippen LogP) is 7.50. The lowest BCUT2D eigenvalue weighted by Gasteiger charge is -2.15. The van der Waals surface area contributed by atoms with Gasteiger partial charge in [-0.15, -0.1) is 0 Å². The number of halogens is 1. The zero-order valence-corrected chi connectivity index (χ0v) is 19.0. The van der Waals surface area contributed by atoms with E-state index in [0.717, 1.165) is 48.2 Å². The van der Waals surface area contributed by atoms with Gasteiger partial charge in [-0.2, -0.15) is 0 Å². The van der Waals surface area contributed by atoms with Gasteiger partial charge < -0.3 is 0 Å². The van der Waals surface area contributed by atoms with E-state index in [1.807, 2.05) is 0 Å². The zero-order chi connectivity index (χ0) is 21.0. The molecule has 0 saturated carbocycles. The highest BCUT2D eigenvalue weighted by molar-refractivity contribution is 9.10. The molecule has 4 aromatic rings. The van der Waals surface area contributed by atoms with Crippen molar-refractivity contribution in [3.05, 3.63) is 135 Å². The Morgan fingerprint density at radius 3 is 1.74 bits per heavy atom. The molecule has 0 aromatic heterocycles. The summed E-state index contributed by atoms with van der Waals surface area (Å²) in [5.41, 5.74) is 9.76. The lowest BCUT2D eigenvalue weighted by Crippen LogP contribution is -2.04. The molecular weight excluding hydrogens is 442 g/mol. The fourth-order valence-corrected chi connectivity index (χ4v) is 4.82. The van der Waals surface area contributed by atoms with Crippen LogP contribution in [0.2, 0.25) is 0 Å². The quantitative estimate of drug-likeness (QED) is 0.277. The maximum absolute atomic E-state index is 5.28. The highest BCUT2D eigenvalue weighted by Gasteiger charge is 2.12. The molecule has 4 bridgehead atoms. The maximum Gasteiger partial charge on any atom is 0.0781 e. The average molecular weight is 466 g/mol. The monoisotopic (exact) mass is 465 g/mol. The highest BCUT2D eigenvalue weighted by atomic mass is 79.9. The second-order valence-corrected chi connectivity index (χ2v) is 8.94. The van der Waals surface area contributed by atoms with Crippen LogP contribution in [0.4, 0.5) is 5.69 Å². The molecule has 1 nitrogen and oxygen atoms in total. The van der Waals surface area contributed by atoms with Gasteiger partial charge in [0.25, 0.3) is 0 Å². The van der Waals surface area contributed by atoms with E-state index in [4.69, 9.17) is 4.99 Å². The van der Waals surface area contributed by atoms with Gasteiger partial charge in [0.2, 0.25) is 0 Å². The lowest BCUT2D eigenvalue weighted by atomic mass is 9.95.